The minimum absolute atomic E-state index is 0. The number of hydrazine groups is 1. The van der Waals surface area contributed by atoms with Crippen LogP contribution < -0.4 is 28.1 Å². The molecule has 2 N–H and O–H groups in total. The Morgan fingerprint density at radius 1 is 0.640 bits per heavy atom. The first-order chi connectivity index (χ1) is 11.4. The second-order valence-electron chi connectivity index (χ2n) is 5.29. The number of para-hydroxylation sites is 2. The van der Waals surface area contributed by atoms with Gasteiger partial charge in [0.15, 0.2) is 0 Å². The number of hydrazone groups is 1. The van der Waals surface area contributed by atoms with Crippen LogP contribution in [0.25, 0.3) is 0 Å². The van der Waals surface area contributed by atoms with Crippen LogP contribution in [-0.2, 0) is 0 Å². The molecule has 0 bridgehead atoms. The van der Waals surface area contributed by atoms with E-state index in [0.717, 1.165) is 22.8 Å². The van der Waals surface area contributed by atoms with Crippen LogP contribution in [0.1, 0.15) is 5.56 Å². The molecule has 1 aliphatic heterocycles. The molecule has 121 valence electrons. The van der Waals surface area contributed by atoms with Gasteiger partial charge >= 0.3 is 0 Å². The van der Waals surface area contributed by atoms with E-state index in [9.17, 15) is 0 Å². The van der Waals surface area contributed by atoms with Crippen molar-refractivity contribution in [1.82, 2.24) is 0 Å². The van der Waals surface area contributed by atoms with Crippen LogP contribution in [-0.4, -0.2) is 35.4 Å². The number of benzene rings is 3. The number of anilines is 2. The summed E-state index contributed by atoms with van der Waals surface area (Å²) in [6.45, 7) is 0. The predicted octanol–water partition coefficient (Wildman–Crippen LogP) is -0.608. The summed E-state index contributed by atoms with van der Waals surface area (Å²) in [5.74, 6) is 0.943. The summed E-state index contributed by atoms with van der Waals surface area (Å²) in [6.07, 6.45) is 0. The Bertz CT molecular complexity index is 813. The summed E-state index contributed by atoms with van der Waals surface area (Å²) in [5, 5.41) is 8.80. The Kier molecular flexibility index (Phi) is 7.05. The molecule has 0 spiro atoms. The number of quaternary nitrogens is 1. The van der Waals surface area contributed by atoms with Crippen molar-refractivity contribution in [1.29, 1.82) is 0 Å². The van der Waals surface area contributed by atoms with Gasteiger partial charge in [0.2, 0.25) is 0 Å². The molecular weight excluding hydrogens is 343 g/mol. The Labute approximate surface area is 175 Å². The average Bonchev–Trinajstić information content (AvgIpc) is 3.09. The van der Waals surface area contributed by atoms with Crippen molar-refractivity contribution in [2.75, 3.05) is 10.2 Å². The Hall–Kier alpha value is -1.82. The Morgan fingerprint density at radius 2 is 1.12 bits per heavy atom. The van der Waals surface area contributed by atoms with Crippen molar-refractivity contribution in [2.45, 2.75) is 0 Å². The molecule has 1 aliphatic rings. The average molecular weight is 360 g/mol. The summed E-state index contributed by atoms with van der Waals surface area (Å²) < 4.78 is 0. The smallest absolute Gasteiger partial charge is 0.277 e. The van der Waals surface area contributed by atoms with Crippen LogP contribution in [0, 0.1) is 0 Å². The molecule has 3 aromatic rings. The molecule has 0 amide bonds. The van der Waals surface area contributed by atoms with Gasteiger partial charge in [-0.1, -0.05) is 59.7 Å². The molecular formula is C19H17ClN4Na. The number of hydrogen-bond donors (Lipinski definition) is 1. The van der Waals surface area contributed by atoms with Gasteiger partial charge in [-0.05, 0) is 36.4 Å². The monoisotopic (exact) mass is 359 g/mol. The molecule has 0 saturated carbocycles. The maximum Gasteiger partial charge on any atom is 0.277 e. The van der Waals surface area contributed by atoms with Gasteiger partial charge in [0.25, 0.3) is 5.84 Å². The largest absolute Gasteiger partial charge is 1.00 e. The summed E-state index contributed by atoms with van der Waals surface area (Å²) in [4.78, 5) is 0. The molecule has 6 heteroatoms. The zero-order valence-corrected chi connectivity index (χ0v) is 16.7. The third-order valence-corrected chi connectivity index (χ3v) is 3.73. The number of rotatable bonds is 3. The van der Waals surface area contributed by atoms with E-state index >= 15 is 0 Å². The molecule has 0 saturated heterocycles. The summed E-state index contributed by atoms with van der Waals surface area (Å²) in [5.41, 5.74) is 5.27. The molecule has 25 heavy (non-hydrogen) atoms. The van der Waals surface area contributed by atoms with Gasteiger partial charge in [-0.3, -0.25) is 0 Å². The van der Waals surface area contributed by atoms with E-state index in [-0.39, 0.29) is 42.0 Å². The molecule has 3 aromatic carbocycles. The van der Waals surface area contributed by atoms with E-state index in [1.165, 1.54) is 0 Å². The zero-order valence-electron chi connectivity index (χ0n) is 14.0. The second-order valence-corrected chi connectivity index (χ2v) is 5.29. The minimum Gasteiger partial charge on any atom is -1.00 e. The minimum atomic E-state index is 0. The summed E-state index contributed by atoms with van der Waals surface area (Å²) in [6, 6.07) is 30.6. The first-order valence-electron chi connectivity index (χ1n) is 7.60. The molecule has 4 rings (SSSR count). The molecule has 1 radical (unpaired) electrons. The summed E-state index contributed by atoms with van der Waals surface area (Å²) >= 11 is 0. The first kappa shape index (κ1) is 19.5. The van der Waals surface area contributed by atoms with Gasteiger partial charge in [-0.15, -0.1) is 10.2 Å². The number of halogens is 1. The second kappa shape index (κ2) is 9.04. The van der Waals surface area contributed by atoms with Crippen LogP contribution in [0.3, 0.4) is 0 Å². The van der Waals surface area contributed by atoms with Crippen molar-refractivity contribution >= 4 is 46.8 Å². The maximum absolute atomic E-state index is 4.81. The first-order valence-corrected chi connectivity index (χ1v) is 7.60. The van der Waals surface area contributed by atoms with Gasteiger partial charge in [-0.2, -0.15) is 5.43 Å². The summed E-state index contributed by atoms with van der Waals surface area (Å²) in [7, 11) is 0. The number of hydrogen-bond acceptors (Lipinski definition) is 3. The van der Waals surface area contributed by atoms with Crippen LogP contribution in [0.2, 0.25) is 0 Å². The van der Waals surface area contributed by atoms with Crippen LogP contribution in [0.5, 0.6) is 0 Å². The SMILES string of the molecule is [Cl-].[Na].c1ccc(C2=NN(c3ccccc3)N(c3ccccc3)[NH2+]2)cc1. The standard InChI is InChI=1S/C19H16N4.ClH.Na/c1-4-10-16(11-5-1)19-20-22(17-12-6-2-7-13-17)23(21-19)18-14-8-3-9-15-18;;/h1-15H,(H,20,21);1H;. The van der Waals surface area contributed by atoms with Crippen molar-refractivity contribution in [3.63, 3.8) is 0 Å². The Balaban J connectivity index is 0.00000113. The normalized spacial score (nSPS) is 12.9. The Morgan fingerprint density at radius 3 is 1.68 bits per heavy atom. The molecule has 0 atom stereocenters. The third-order valence-electron chi connectivity index (χ3n) is 3.73. The van der Waals surface area contributed by atoms with E-state index in [4.69, 9.17) is 5.10 Å². The van der Waals surface area contributed by atoms with Gasteiger partial charge in [-0.25, -0.2) is 0 Å². The van der Waals surface area contributed by atoms with Gasteiger partial charge < -0.3 is 12.4 Å². The van der Waals surface area contributed by atoms with E-state index in [1.807, 2.05) is 59.7 Å². The fourth-order valence-electron chi connectivity index (χ4n) is 2.60. The third kappa shape index (κ3) is 4.24. The van der Waals surface area contributed by atoms with Gasteiger partial charge in [0.05, 0.1) is 11.3 Å². The number of nitrogens with two attached hydrogens (primary N) is 1. The van der Waals surface area contributed by atoms with Crippen molar-refractivity contribution in [3.8, 4) is 0 Å². The van der Waals surface area contributed by atoms with E-state index in [0.29, 0.717) is 0 Å². The van der Waals surface area contributed by atoms with Crippen molar-refractivity contribution in [3.05, 3.63) is 96.6 Å². The zero-order chi connectivity index (χ0) is 15.5. The quantitative estimate of drug-likeness (QED) is 0.500. The van der Waals surface area contributed by atoms with Crippen LogP contribution in [0.4, 0.5) is 11.4 Å². The molecule has 0 fully saturated rings. The van der Waals surface area contributed by atoms with E-state index in [1.54, 1.807) is 0 Å². The predicted molar refractivity (Wildman–Crippen MR) is 98.5 cm³/mol. The van der Waals surface area contributed by atoms with Crippen molar-refractivity contribution < 1.29 is 17.8 Å². The number of amidine groups is 1. The molecule has 1 heterocycles. The molecule has 4 nitrogen and oxygen atoms in total. The van der Waals surface area contributed by atoms with Crippen LogP contribution >= 0.6 is 0 Å². The van der Waals surface area contributed by atoms with Gasteiger partial charge in [0, 0.05) is 29.6 Å². The number of nitrogens with zero attached hydrogens (tertiary/aromatic N) is 3. The van der Waals surface area contributed by atoms with E-state index in [2.05, 4.69) is 46.9 Å². The molecule has 0 aliphatic carbocycles. The van der Waals surface area contributed by atoms with Gasteiger partial charge in [0.1, 0.15) is 5.69 Å². The van der Waals surface area contributed by atoms with Crippen LogP contribution in [0.15, 0.2) is 96.1 Å². The molecule has 0 unspecified atom stereocenters. The van der Waals surface area contributed by atoms with E-state index < -0.39 is 0 Å². The van der Waals surface area contributed by atoms with Crippen molar-refractivity contribution in [2.24, 2.45) is 5.10 Å². The molecule has 0 aromatic heterocycles. The maximum atomic E-state index is 4.81. The fraction of sp³-hybridized carbons (Fsp3) is 0. The topological polar surface area (TPSA) is 35.5 Å². The fourth-order valence-corrected chi connectivity index (χ4v) is 2.60.